The Hall–Kier alpha value is -1.92. The van der Waals surface area contributed by atoms with E-state index in [1.807, 2.05) is 33.8 Å². The fourth-order valence-corrected chi connectivity index (χ4v) is 2.35. The van der Waals surface area contributed by atoms with Gasteiger partial charge in [-0.3, -0.25) is 5.32 Å². The van der Waals surface area contributed by atoms with Gasteiger partial charge >= 0.3 is 6.09 Å². The van der Waals surface area contributed by atoms with Crippen LogP contribution >= 0.6 is 0 Å². The summed E-state index contributed by atoms with van der Waals surface area (Å²) in [6, 6.07) is 5.33. The van der Waals surface area contributed by atoms with Crippen molar-refractivity contribution < 1.29 is 19.0 Å². The predicted octanol–water partition coefficient (Wildman–Crippen LogP) is 4.63. The van der Waals surface area contributed by atoms with Crippen molar-refractivity contribution >= 4 is 18.0 Å². The van der Waals surface area contributed by atoms with Crippen LogP contribution in [0.5, 0.6) is 0 Å². The minimum Gasteiger partial charge on any atom is -0.444 e. The fraction of sp³-hybridized carbons (Fsp3) is 0.579. The molecule has 0 radical (unpaired) electrons. The van der Waals surface area contributed by atoms with Gasteiger partial charge in [0.05, 0.1) is 16.9 Å². The Kier molecular flexibility index (Phi) is 4.99. The largest absolute Gasteiger partial charge is 0.444 e. The van der Waals surface area contributed by atoms with Crippen molar-refractivity contribution in [1.82, 2.24) is 0 Å². The van der Waals surface area contributed by atoms with E-state index in [2.05, 4.69) is 5.32 Å². The number of anilines is 1. The van der Waals surface area contributed by atoms with E-state index in [9.17, 15) is 4.79 Å². The Balaban J connectivity index is 2.20. The van der Waals surface area contributed by atoms with Crippen molar-refractivity contribution in [1.29, 1.82) is 5.41 Å². The van der Waals surface area contributed by atoms with E-state index in [4.69, 9.17) is 19.6 Å². The molecule has 1 aromatic rings. The number of hydrogen-bond donors (Lipinski definition) is 2. The van der Waals surface area contributed by atoms with Gasteiger partial charge in [0.1, 0.15) is 5.60 Å². The summed E-state index contributed by atoms with van der Waals surface area (Å²) < 4.78 is 17.3. The first kappa shape index (κ1) is 19.4. The minimum absolute atomic E-state index is 0.435. The van der Waals surface area contributed by atoms with Gasteiger partial charge in [-0.2, -0.15) is 0 Å². The summed E-state index contributed by atoms with van der Waals surface area (Å²) in [4.78, 5) is 11.9. The molecule has 25 heavy (non-hydrogen) atoms. The smallest absolute Gasteiger partial charge is 0.412 e. The zero-order chi connectivity index (χ0) is 19.0. The average molecular weight is 348 g/mol. The highest BCUT2D eigenvalue weighted by atomic mass is 16.7. The lowest BCUT2D eigenvalue weighted by molar-refractivity contribution is -0.0895. The van der Waals surface area contributed by atoms with E-state index in [0.717, 1.165) is 5.56 Å². The van der Waals surface area contributed by atoms with Crippen LogP contribution in [-0.4, -0.2) is 29.1 Å². The lowest BCUT2D eigenvalue weighted by Gasteiger charge is -2.30. The lowest BCUT2D eigenvalue weighted by atomic mass is 9.90. The monoisotopic (exact) mass is 348 g/mol. The SMILES string of the molecule is CC(C)(C)OC(=O)Nc1ccc(C2OC(C)(C)C(C)(C)O2)cc1C=N. The number of benzene rings is 1. The molecule has 0 atom stereocenters. The Morgan fingerprint density at radius 2 is 1.76 bits per heavy atom. The van der Waals surface area contributed by atoms with Crippen LogP contribution in [0.3, 0.4) is 0 Å². The zero-order valence-corrected chi connectivity index (χ0v) is 16.0. The van der Waals surface area contributed by atoms with E-state index < -0.39 is 29.2 Å². The summed E-state index contributed by atoms with van der Waals surface area (Å²) in [6.07, 6.45) is 0.111. The fourth-order valence-electron chi connectivity index (χ4n) is 2.35. The maximum atomic E-state index is 11.9. The van der Waals surface area contributed by atoms with Gasteiger partial charge in [0, 0.05) is 17.3 Å². The molecular weight excluding hydrogens is 320 g/mol. The summed E-state index contributed by atoms with van der Waals surface area (Å²) in [7, 11) is 0. The second-order valence-electron chi connectivity index (χ2n) is 8.21. The van der Waals surface area contributed by atoms with Gasteiger partial charge in [-0.05, 0) is 60.6 Å². The van der Waals surface area contributed by atoms with Crippen LogP contribution in [0.2, 0.25) is 0 Å². The molecule has 1 aromatic carbocycles. The summed E-state index contributed by atoms with van der Waals surface area (Å²) >= 11 is 0. The Morgan fingerprint density at radius 3 is 2.24 bits per heavy atom. The second-order valence-corrected chi connectivity index (χ2v) is 8.21. The molecule has 0 aliphatic carbocycles. The molecule has 6 nitrogen and oxygen atoms in total. The topological polar surface area (TPSA) is 80.6 Å². The van der Waals surface area contributed by atoms with Crippen LogP contribution < -0.4 is 5.32 Å². The number of ether oxygens (including phenoxy) is 3. The first-order valence-electron chi connectivity index (χ1n) is 8.35. The van der Waals surface area contributed by atoms with Crippen LogP contribution in [0.25, 0.3) is 0 Å². The van der Waals surface area contributed by atoms with Crippen molar-refractivity contribution in [3.63, 3.8) is 0 Å². The van der Waals surface area contributed by atoms with Crippen molar-refractivity contribution in [2.24, 2.45) is 0 Å². The van der Waals surface area contributed by atoms with Gasteiger partial charge in [-0.15, -0.1) is 0 Å². The van der Waals surface area contributed by atoms with Crippen molar-refractivity contribution in [3.8, 4) is 0 Å². The zero-order valence-electron chi connectivity index (χ0n) is 16.0. The standard InChI is InChI=1S/C19H28N2O4/c1-17(2,3)25-16(22)21-14-9-8-12(10-13(14)11-20)15-23-18(4,5)19(6,7)24-15/h8-11,15,20H,1-7H3,(H,21,22). The number of carbonyl (C=O) groups excluding carboxylic acids is 1. The second kappa shape index (κ2) is 6.42. The Morgan fingerprint density at radius 1 is 1.20 bits per heavy atom. The van der Waals surface area contributed by atoms with Gasteiger partial charge in [-0.25, -0.2) is 4.79 Å². The third-order valence-electron chi connectivity index (χ3n) is 4.39. The number of amides is 1. The molecule has 0 unspecified atom stereocenters. The molecule has 138 valence electrons. The molecule has 0 aromatic heterocycles. The number of rotatable bonds is 3. The molecule has 1 aliphatic rings. The van der Waals surface area contributed by atoms with Crippen LogP contribution in [0.15, 0.2) is 18.2 Å². The normalized spacial score (nSPS) is 19.5. The molecule has 1 aliphatic heterocycles. The first-order chi connectivity index (χ1) is 11.3. The number of nitrogens with one attached hydrogen (secondary N) is 2. The third-order valence-corrected chi connectivity index (χ3v) is 4.39. The molecule has 0 spiro atoms. The Labute approximate surface area is 149 Å². The summed E-state index contributed by atoms with van der Waals surface area (Å²) in [5.74, 6) is 0. The van der Waals surface area contributed by atoms with Crippen molar-refractivity contribution in [2.45, 2.75) is 71.6 Å². The predicted molar refractivity (Wildman–Crippen MR) is 97.3 cm³/mol. The molecule has 1 saturated heterocycles. The highest BCUT2D eigenvalue weighted by Gasteiger charge is 2.49. The van der Waals surface area contributed by atoms with Gasteiger partial charge in [0.2, 0.25) is 0 Å². The summed E-state index contributed by atoms with van der Waals surface area (Å²) in [5.41, 5.74) is 0.401. The Bertz CT molecular complexity index is 658. The van der Waals surface area contributed by atoms with Gasteiger partial charge in [0.25, 0.3) is 0 Å². The lowest BCUT2D eigenvalue weighted by Crippen LogP contribution is -2.41. The average Bonchev–Trinajstić information content (AvgIpc) is 2.65. The molecule has 2 N–H and O–H groups in total. The van der Waals surface area contributed by atoms with Crippen molar-refractivity contribution in [2.75, 3.05) is 5.32 Å². The maximum Gasteiger partial charge on any atom is 0.412 e. The summed E-state index contributed by atoms with van der Waals surface area (Å²) in [6.45, 7) is 13.3. The molecule has 2 rings (SSSR count). The van der Waals surface area contributed by atoms with Crippen LogP contribution in [0, 0.1) is 5.41 Å². The van der Waals surface area contributed by atoms with E-state index in [1.165, 1.54) is 6.21 Å². The molecule has 1 fully saturated rings. The van der Waals surface area contributed by atoms with Gasteiger partial charge < -0.3 is 19.6 Å². The first-order valence-corrected chi connectivity index (χ1v) is 8.35. The van der Waals surface area contributed by atoms with E-state index in [-0.39, 0.29) is 0 Å². The minimum atomic E-state index is -0.586. The number of hydrogen-bond acceptors (Lipinski definition) is 5. The quantitative estimate of drug-likeness (QED) is 0.780. The molecule has 6 heteroatoms. The number of carbonyl (C=O) groups is 1. The molecule has 1 heterocycles. The maximum absolute atomic E-state index is 11.9. The van der Waals surface area contributed by atoms with Crippen LogP contribution in [0.1, 0.15) is 65.9 Å². The van der Waals surface area contributed by atoms with Crippen LogP contribution in [0.4, 0.5) is 10.5 Å². The molecule has 0 bridgehead atoms. The van der Waals surface area contributed by atoms with E-state index >= 15 is 0 Å². The van der Waals surface area contributed by atoms with Gasteiger partial charge in [-0.1, -0.05) is 6.07 Å². The highest BCUT2D eigenvalue weighted by molar-refractivity contribution is 5.94. The molecular formula is C19H28N2O4. The highest BCUT2D eigenvalue weighted by Crippen LogP contribution is 2.45. The van der Waals surface area contributed by atoms with Crippen molar-refractivity contribution in [3.05, 3.63) is 29.3 Å². The van der Waals surface area contributed by atoms with E-state index in [0.29, 0.717) is 11.3 Å². The van der Waals surface area contributed by atoms with Gasteiger partial charge in [0.15, 0.2) is 6.29 Å². The molecule has 0 saturated carbocycles. The van der Waals surface area contributed by atoms with E-state index in [1.54, 1.807) is 32.9 Å². The van der Waals surface area contributed by atoms with Crippen LogP contribution in [-0.2, 0) is 14.2 Å². The molecule has 1 amide bonds. The summed E-state index contributed by atoms with van der Waals surface area (Å²) in [5, 5.41) is 10.3. The third kappa shape index (κ3) is 4.38.